The highest BCUT2D eigenvalue weighted by Crippen LogP contribution is 2.09. The summed E-state index contributed by atoms with van der Waals surface area (Å²) >= 11 is 0. The smallest absolute Gasteiger partial charge is 0.224 e. The van der Waals surface area contributed by atoms with Crippen molar-refractivity contribution in [2.45, 2.75) is 32.7 Å². The highest BCUT2D eigenvalue weighted by atomic mass is 35.5. The number of hydrogen-bond donors (Lipinski definition) is 2. The van der Waals surface area contributed by atoms with Crippen molar-refractivity contribution in [3.05, 3.63) is 29.8 Å². The van der Waals surface area contributed by atoms with E-state index in [0.717, 1.165) is 12.1 Å². The van der Waals surface area contributed by atoms with Gasteiger partial charge in [-0.2, -0.15) is 0 Å². The van der Waals surface area contributed by atoms with Crippen molar-refractivity contribution in [3.63, 3.8) is 0 Å². The lowest BCUT2D eigenvalue weighted by Gasteiger charge is -2.06. The van der Waals surface area contributed by atoms with E-state index in [9.17, 15) is 4.79 Å². The third-order valence-electron chi connectivity index (χ3n) is 2.16. The third-order valence-corrected chi connectivity index (χ3v) is 2.16. The Hall–Kier alpha value is -1.06. The fraction of sp³-hybridized carbons (Fsp3) is 0.417. The molecule has 0 heterocycles. The van der Waals surface area contributed by atoms with Gasteiger partial charge in [0.25, 0.3) is 0 Å². The van der Waals surface area contributed by atoms with Gasteiger partial charge in [0.1, 0.15) is 0 Å². The summed E-state index contributed by atoms with van der Waals surface area (Å²) < 4.78 is 0. The van der Waals surface area contributed by atoms with Crippen molar-refractivity contribution < 1.29 is 4.79 Å². The molecule has 1 aromatic rings. The Bertz CT molecular complexity index is 322. The minimum absolute atomic E-state index is 0. The highest BCUT2D eigenvalue weighted by molar-refractivity contribution is 5.90. The summed E-state index contributed by atoms with van der Waals surface area (Å²) in [7, 11) is 0. The molecule has 1 aromatic carbocycles. The molecule has 0 fully saturated rings. The van der Waals surface area contributed by atoms with E-state index < -0.39 is 0 Å². The van der Waals surface area contributed by atoms with Crippen molar-refractivity contribution in [3.8, 4) is 0 Å². The SMILES string of the molecule is Cc1ccc(NC(=O)CCC(C)N)cc1.Cl. The Balaban J connectivity index is 0.00000225. The van der Waals surface area contributed by atoms with Gasteiger partial charge in [0.2, 0.25) is 5.91 Å². The van der Waals surface area contributed by atoms with Crippen molar-refractivity contribution >= 4 is 24.0 Å². The van der Waals surface area contributed by atoms with Gasteiger partial charge < -0.3 is 11.1 Å². The maximum Gasteiger partial charge on any atom is 0.224 e. The number of nitrogens with one attached hydrogen (secondary N) is 1. The van der Waals surface area contributed by atoms with E-state index in [1.54, 1.807) is 0 Å². The summed E-state index contributed by atoms with van der Waals surface area (Å²) in [4.78, 5) is 11.4. The van der Waals surface area contributed by atoms with Gasteiger partial charge in [-0.15, -0.1) is 12.4 Å². The zero-order valence-corrected chi connectivity index (χ0v) is 10.5. The normalized spacial score (nSPS) is 11.4. The van der Waals surface area contributed by atoms with Crippen LogP contribution in [0.15, 0.2) is 24.3 Å². The molecular formula is C12H19ClN2O. The van der Waals surface area contributed by atoms with Gasteiger partial charge in [0.05, 0.1) is 0 Å². The van der Waals surface area contributed by atoms with E-state index >= 15 is 0 Å². The van der Waals surface area contributed by atoms with Gasteiger partial charge in [-0.1, -0.05) is 17.7 Å². The molecule has 1 atom stereocenters. The van der Waals surface area contributed by atoms with Crippen LogP contribution in [0.5, 0.6) is 0 Å². The molecule has 3 N–H and O–H groups in total. The minimum Gasteiger partial charge on any atom is -0.328 e. The average Bonchev–Trinajstić information content (AvgIpc) is 2.19. The molecule has 0 aliphatic rings. The van der Waals surface area contributed by atoms with E-state index in [2.05, 4.69) is 5.32 Å². The van der Waals surface area contributed by atoms with Crippen molar-refractivity contribution in [2.75, 3.05) is 5.32 Å². The molecule has 90 valence electrons. The van der Waals surface area contributed by atoms with Gasteiger partial charge in [-0.05, 0) is 32.4 Å². The second-order valence-electron chi connectivity index (χ2n) is 3.93. The fourth-order valence-corrected chi connectivity index (χ4v) is 1.22. The second-order valence-corrected chi connectivity index (χ2v) is 3.93. The van der Waals surface area contributed by atoms with E-state index in [-0.39, 0.29) is 24.4 Å². The van der Waals surface area contributed by atoms with Crippen LogP contribution in [-0.2, 0) is 4.79 Å². The van der Waals surface area contributed by atoms with Crippen LogP contribution in [0.2, 0.25) is 0 Å². The number of rotatable bonds is 4. The van der Waals surface area contributed by atoms with Crippen LogP contribution in [0, 0.1) is 6.92 Å². The fourth-order valence-electron chi connectivity index (χ4n) is 1.22. The van der Waals surface area contributed by atoms with Gasteiger partial charge in [0.15, 0.2) is 0 Å². The number of amides is 1. The van der Waals surface area contributed by atoms with Crippen LogP contribution in [0.25, 0.3) is 0 Å². The van der Waals surface area contributed by atoms with E-state index in [1.807, 2.05) is 38.1 Å². The van der Waals surface area contributed by atoms with Crippen LogP contribution in [0.1, 0.15) is 25.3 Å². The molecule has 16 heavy (non-hydrogen) atoms. The molecule has 1 rings (SSSR count). The average molecular weight is 243 g/mol. The summed E-state index contributed by atoms with van der Waals surface area (Å²) in [6.45, 7) is 3.92. The largest absolute Gasteiger partial charge is 0.328 e. The Labute approximate surface area is 103 Å². The number of nitrogens with two attached hydrogens (primary N) is 1. The van der Waals surface area contributed by atoms with Crippen LogP contribution in [-0.4, -0.2) is 11.9 Å². The molecule has 1 unspecified atom stereocenters. The lowest BCUT2D eigenvalue weighted by Crippen LogP contribution is -2.19. The van der Waals surface area contributed by atoms with Crippen molar-refractivity contribution in [1.82, 2.24) is 0 Å². The van der Waals surface area contributed by atoms with E-state index in [4.69, 9.17) is 5.73 Å². The molecule has 0 saturated heterocycles. The number of hydrogen-bond acceptors (Lipinski definition) is 2. The molecule has 3 nitrogen and oxygen atoms in total. The topological polar surface area (TPSA) is 55.1 Å². The lowest BCUT2D eigenvalue weighted by molar-refractivity contribution is -0.116. The minimum atomic E-state index is 0. The molecule has 1 amide bonds. The molecule has 0 spiro atoms. The van der Waals surface area contributed by atoms with Gasteiger partial charge >= 0.3 is 0 Å². The van der Waals surface area contributed by atoms with Crippen molar-refractivity contribution in [2.24, 2.45) is 5.73 Å². The lowest BCUT2D eigenvalue weighted by atomic mass is 10.2. The van der Waals surface area contributed by atoms with Crippen LogP contribution < -0.4 is 11.1 Å². The van der Waals surface area contributed by atoms with Gasteiger partial charge in [-0.25, -0.2) is 0 Å². The highest BCUT2D eigenvalue weighted by Gasteiger charge is 2.03. The summed E-state index contributed by atoms with van der Waals surface area (Å²) in [6.07, 6.45) is 1.20. The predicted octanol–water partition coefficient (Wildman–Crippen LogP) is 2.48. The first-order chi connectivity index (χ1) is 7.08. The van der Waals surface area contributed by atoms with E-state index in [0.29, 0.717) is 6.42 Å². The molecule has 0 radical (unpaired) electrons. The number of aryl methyl sites for hydroxylation is 1. The number of carbonyl (C=O) groups is 1. The third kappa shape index (κ3) is 5.73. The molecule has 0 saturated carbocycles. The van der Waals surface area contributed by atoms with Crippen LogP contribution >= 0.6 is 12.4 Å². The summed E-state index contributed by atoms with van der Waals surface area (Å²) in [5.74, 6) is 0.0242. The quantitative estimate of drug-likeness (QED) is 0.852. The van der Waals surface area contributed by atoms with Crippen LogP contribution in [0.3, 0.4) is 0 Å². The predicted molar refractivity (Wildman–Crippen MR) is 69.9 cm³/mol. The standard InChI is InChI=1S/C12H18N2O.ClH/c1-9-3-6-11(7-4-9)14-12(15)8-5-10(2)13;/h3-4,6-7,10H,5,8,13H2,1-2H3,(H,14,15);1H. The summed E-state index contributed by atoms with van der Waals surface area (Å²) in [6, 6.07) is 7.83. The number of halogens is 1. The molecule has 0 aromatic heterocycles. The number of anilines is 1. The summed E-state index contributed by atoms with van der Waals surface area (Å²) in [5, 5.41) is 2.83. The first kappa shape index (κ1) is 14.9. The monoisotopic (exact) mass is 242 g/mol. The molecule has 0 bridgehead atoms. The van der Waals surface area contributed by atoms with E-state index in [1.165, 1.54) is 5.56 Å². The zero-order valence-electron chi connectivity index (χ0n) is 9.69. The first-order valence-electron chi connectivity index (χ1n) is 5.20. The van der Waals surface area contributed by atoms with Crippen molar-refractivity contribution in [1.29, 1.82) is 0 Å². The maximum atomic E-state index is 11.4. The summed E-state index contributed by atoms with van der Waals surface area (Å²) in [5.41, 5.74) is 7.60. The number of carbonyl (C=O) groups excluding carboxylic acids is 1. The Kier molecular flexibility index (Phi) is 6.77. The number of benzene rings is 1. The Morgan fingerprint density at radius 3 is 2.44 bits per heavy atom. The Morgan fingerprint density at radius 1 is 1.38 bits per heavy atom. The zero-order chi connectivity index (χ0) is 11.3. The van der Waals surface area contributed by atoms with Gasteiger partial charge in [-0.3, -0.25) is 4.79 Å². The maximum absolute atomic E-state index is 11.4. The van der Waals surface area contributed by atoms with Crippen LogP contribution in [0.4, 0.5) is 5.69 Å². The second kappa shape index (κ2) is 7.25. The first-order valence-corrected chi connectivity index (χ1v) is 5.20. The molecular weight excluding hydrogens is 224 g/mol. The Morgan fingerprint density at radius 2 is 1.94 bits per heavy atom. The molecule has 0 aliphatic carbocycles. The molecule has 0 aliphatic heterocycles. The molecule has 4 heteroatoms. The van der Waals surface area contributed by atoms with Gasteiger partial charge in [0, 0.05) is 18.2 Å².